The van der Waals surface area contributed by atoms with Crippen molar-refractivity contribution in [3.8, 4) is 0 Å². The second-order valence-electron chi connectivity index (χ2n) is 6.01. The minimum atomic E-state index is -0.267. The molecule has 3 heterocycles. The van der Waals surface area contributed by atoms with Gasteiger partial charge in [-0.25, -0.2) is 4.98 Å². The van der Waals surface area contributed by atoms with E-state index in [1.165, 1.54) is 4.88 Å². The van der Waals surface area contributed by atoms with Crippen LogP contribution in [0.2, 0.25) is 0 Å². The first-order valence-electron chi connectivity index (χ1n) is 7.35. The van der Waals surface area contributed by atoms with E-state index in [1.807, 2.05) is 13.8 Å². The number of hydrogen-bond donors (Lipinski definition) is 2. The number of hydrogen-bond acceptors (Lipinski definition) is 5. The molecule has 0 saturated carbocycles. The third-order valence-corrected chi connectivity index (χ3v) is 5.14. The van der Waals surface area contributed by atoms with Crippen LogP contribution in [0.15, 0.2) is 6.07 Å². The highest BCUT2D eigenvalue weighted by atomic mass is 32.1. The number of aromatic nitrogens is 3. The van der Waals surface area contributed by atoms with E-state index in [-0.39, 0.29) is 12.0 Å². The Bertz CT molecular complexity index is 621. The van der Waals surface area contributed by atoms with E-state index in [4.69, 9.17) is 0 Å². The molecule has 2 atom stereocenters. The van der Waals surface area contributed by atoms with Crippen molar-refractivity contribution in [2.24, 2.45) is 5.92 Å². The lowest BCUT2D eigenvalue weighted by Gasteiger charge is -2.14. The maximum Gasteiger partial charge on any atom is 0.0900 e. The number of aryl methyl sites for hydroxylation is 3. The summed E-state index contributed by atoms with van der Waals surface area (Å²) in [6.07, 6.45) is 0.569. The van der Waals surface area contributed by atoms with Gasteiger partial charge in [-0.15, -0.1) is 11.3 Å². The highest BCUT2D eigenvalue weighted by Gasteiger charge is 2.32. The number of rotatable bonds is 4. The molecule has 0 radical (unpaired) electrons. The van der Waals surface area contributed by atoms with E-state index in [0.717, 1.165) is 48.1 Å². The third kappa shape index (κ3) is 3.33. The van der Waals surface area contributed by atoms with E-state index in [1.54, 1.807) is 11.3 Å². The fraction of sp³-hybridized carbons (Fsp3) is 0.600. The largest absolute Gasteiger partial charge is 0.391 e. The summed E-state index contributed by atoms with van der Waals surface area (Å²) in [5.41, 5.74) is 3.24. The van der Waals surface area contributed by atoms with Gasteiger partial charge in [-0.2, -0.15) is 5.10 Å². The molecule has 6 heteroatoms. The molecular formula is C15H22N4OS. The predicted molar refractivity (Wildman–Crippen MR) is 83.4 cm³/mol. The van der Waals surface area contributed by atoms with Crippen molar-refractivity contribution in [2.45, 2.75) is 39.8 Å². The molecule has 0 unspecified atom stereocenters. The van der Waals surface area contributed by atoms with Crippen molar-refractivity contribution in [3.05, 3.63) is 33.0 Å². The maximum atomic E-state index is 10.3. The zero-order chi connectivity index (χ0) is 15.0. The standard InChI is InChI=1S/C15H22N4OS/c1-9-4-13(18-17-9)5-12-6-19(7-14(12)20)8-15-10(2)16-11(3)21-15/h4,12,14,20H,5-8H2,1-3H3,(H,17,18)/t12-,14+/m1/s1. The molecule has 2 N–H and O–H groups in total. The smallest absolute Gasteiger partial charge is 0.0900 e. The topological polar surface area (TPSA) is 65.0 Å². The first-order valence-corrected chi connectivity index (χ1v) is 8.17. The van der Waals surface area contributed by atoms with Gasteiger partial charge < -0.3 is 5.11 Å². The van der Waals surface area contributed by atoms with Crippen molar-refractivity contribution < 1.29 is 5.11 Å². The quantitative estimate of drug-likeness (QED) is 0.904. The average Bonchev–Trinajstić information content (AvgIpc) is 3.04. The molecule has 0 aromatic carbocycles. The van der Waals surface area contributed by atoms with Gasteiger partial charge in [-0.3, -0.25) is 10.00 Å². The minimum Gasteiger partial charge on any atom is -0.391 e. The highest BCUT2D eigenvalue weighted by molar-refractivity contribution is 7.11. The number of nitrogens with zero attached hydrogens (tertiary/aromatic N) is 3. The molecule has 1 saturated heterocycles. The molecule has 0 spiro atoms. The number of aliphatic hydroxyl groups is 1. The number of thiazole rings is 1. The Labute approximate surface area is 129 Å². The van der Waals surface area contributed by atoms with Crippen LogP contribution >= 0.6 is 11.3 Å². The van der Waals surface area contributed by atoms with Gasteiger partial charge >= 0.3 is 0 Å². The lowest BCUT2D eigenvalue weighted by molar-refractivity contribution is 0.140. The molecule has 5 nitrogen and oxygen atoms in total. The number of H-pyrrole nitrogens is 1. The number of aliphatic hydroxyl groups excluding tert-OH is 1. The molecule has 1 fully saturated rings. The van der Waals surface area contributed by atoms with E-state index in [2.05, 4.69) is 33.1 Å². The first kappa shape index (κ1) is 14.7. The Hall–Kier alpha value is -1.24. The Morgan fingerprint density at radius 3 is 2.81 bits per heavy atom. The Kier molecular flexibility index (Phi) is 4.10. The van der Waals surface area contributed by atoms with E-state index in [9.17, 15) is 5.11 Å². The molecule has 3 rings (SSSR count). The van der Waals surface area contributed by atoms with Crippen LogP contribution in [0, 0.1) is 26.7 Å². The van der Waals surface area contributed by atoms with Crippen molar-refractivity contribution in [1.29, 1.82) is 0 Å². The van der Waals surface area contributed by atoms with Gasteiger partial charge in [-0.1, -0.05) is 0 Å². The Balaban J connectivity index is 1.61. The van der Waals surface area contributed by atoms with Gasteiger partial charge in [0.05, 0.1) is 22.5 Å². The molecule has 114 valence electrons. The van der Waals surface area contributed by atoms with Gasteiger partial charge in [0.1, 0.15) is 0 Å². The average molecular weight is 306 g/mol. The molecule has 1 aliphatic heterocycles. The zero-order valence-electron chi connectivity index (χ0n) is 12.8. The number of β-amino-alcohol motifs (C(OH)–C–C–N with tert-alkyl or cyclic N) is 1. The van der Waals surface area contributed by atoms with Crippen LogP contribution in [-0.4, -0.2) is 44.4 Å². The molecule has 1 aliphatic rings. The van der Waals surface area contributed by atoms with Gasteiger partial charge in [0.15, 0.2) is 0 Å². The number of aromatic amines is 1. The molecule has 2 aromatic heterocycles. The first-order chi connectivity index (χ1) is 10.0. The second-order valence-corrected chi connectivity index (χ2v) is 7.30. The summed E-state index contributed by atoms with van der Waals surface area (Å²) < 4.78 is 0. The Morgan fingerprint density at radius 1 is 1.38 bits per heavy atom. The fourth-order valence-electron chi connectivity index (χ4n) is 3.04. The van der Waals surface area contributed by atoms with Crippen LogP contribution in [0.5, 0.6) is 0 Å². The minimum absolute atomic E-state index is 0.266. The summed E-state index contributed by atoms with van der Waals surface area (Å²) in [6, 6.07) is 2.06. The van der Waals surface area contributed by atoms with Crippen LogP contribution in [0.3, 0.4) is 0 Å². The summed E-state index contributed by atoms with van der Waals surface area (Å²) in [6.45, 7) is 8.67. The molecular weight excluding hydrogens is 284 g/mol. The molecule has 2 aromatic rings. The third-order valence-electron chi connectivity index (χ3n) is 4.08. The highest BCUT2D eigenvalue weighted by Crippen LogP contribution is 2.25. The summed E-state index contributed by atoms with van der Waals surface area (Å²) in [7, 11) is 0. The second kappa shape index (κ2) is 5.87. The zero-order valence-corrected chi connectivity index (χ0v) is 13.6. The van der Waals surface area contributed by atoms with Crippen molar-refractivity contribution in [3.63, 3.8) is 0 Å². The molecule has 0 bridgehead atoms. The molecule has 0 amide bonds. The van der Waals surface area contributed by atoms with E-state index < -0.39 is 0 Å². The molecule has 21 heavy (non-hydrogen) atoms. The van der Waals surface area contributed by atoms with Gasteiger partial charge in [0, 0.05) is 36.1 Å². The molecule has 0 aliphatic carbocycles. The predicted octanol–water partition coefficient (Wildman–Crippen LogP) is 1.83. The Morgan fingerprint density at radius 2 is 2.19 bits per heavy atom. The summed E-state index contributed by atoms with van der Waals surface area (Å²) in [5, 5.41) is 18.6. The summed E-state index contributed by atoms with van der Waals surface area (Å²) in [4.78, 5) is 8.12. The van der Waals surface area contributed by atoms with Crippen LogP contribution in [-0.2, 0) is 13.0 Å². The van der Waals surface area contributed by atoms with Crippen molar-refractivity contribution in [1.82, 2.24) is 20.1 Å². The fourth-order valence-corrected chi connectivity index (χ4v) is 4.02. The number of likely N-dealkylation sites (tertiary alicyclic amines) is 1. The van der Waals surface area contributed by atoms with Crippen LogP contribution in [0.1, 0.15) is 27.0 Å². The summed E-state index contributed by atoms with van der Waals surface area (Å²) >= 11 is 1.76. The van der Waals surface area contributed by atoms with Crippen molar-refractivity contribution >= 4 is 11.3 Å². The number of nitrogens with one attached hydrogen (secondary N) is 1. The lowest BCUT2D eigenvalue weighted by Crippen LogP contribution is -2.21. The van der Waals surface area contributed by atoms with Gasteiger partial charge in [0.25, 0.3) is 0 Å². The van der Waals surface area contributed by atoms with Crippen LogP contribution in [0.4, 0.5) is 0 Å². The maximum absolute atomic E-state index is 10.3. The van der Waals surface area contributed by atoms with Crippen LogP contribution < -0.4 is 0 Å². The lowest BCUT2D eigenvalue weighted by atomic mass is 10.0. The van der Waals surface area contributed by atoms with E-state index in [0.29, 0.717) is 0 Å². The van der Waals surface area contributed by atoms with Crippen LogP contribution in [0.25, 0.3) is 0 Å². The van der Waals surface area contributed by atoms with E-state index >= 15 is 0 Å². The normalized spacial score (nSPS) is 23.0. The van der Waals surface area contributed by atoms with Gasteiger partial charge in [-0.05, 0) is 33.3 Å². The van der Waals surface area contributed by atoms with Crippen molar-refractivity contribution in [2.75, 3.05) is 13.1 Å². The monoisotopic (exact) mass is 306 g/mol. The van der Waals surface area contributed by atoms with Gasteiger partial charge in [0.2, 0.25) is 0 Å². The SMILES string of the molecule is Cc1cc(C[C@@H]2CN(Cc3sc(C)nc3C)C[C@@H]2O)n[nH]1. The summed E-state index contributed by atoms with van der Waals surface area (Å²) in [5.74, 6) is 0.266.